The topological polar surface area (TPSA) is 39.4 Å². The average Bonchev–Trinajstić information content (AvgIpc) is 2.92. The molecular weight excluding hydrogens is 276 g/mol. The molecule has 0 amide bonds. The van der Waals surface area contributed by atoms with Crippen LogP contribution in [0.15, 0.2) is 59.5 Å². The number of carbonyl (C=O) groups is 1. The Balaban J connectivity index is 2.07. The molecule has 0 saturated carbocycles. The number of esters is 1. The van der Waals surface area contributed by atoms with Crippen LogP contribution in [0, 0.1) is 0 Å². The first-order valence-electron chi connectivity index (χ1n) is 6.00. The molecular formula is C16H13ClO3. The fourth-order valence-corrected chi connectivity index (χ4v) is 1.77. The van der Waals surface area contributed by atoms with Crippen molar-refractivity contribution in [2.75, 3.05) is 6.61 Å². The lowest BCUT2D eigenvalue weighted by Gasteiger charge is -1.97. The molecule has 2 rings (SSSR count). The molecule has 1 aromatic carbocycles. The number of furan rings is 1. The van der Waals surface area contributed by atoms with Crippen molar-refractivity contribution in [3.63, 3.8) is 0 Å². The summed E-state index contributed by atoms with van der Waals surface area (Å²) in [7, 11) is 0. The molecule has 3 nitrogen and oxygen atoms in total. The predicted molar refractivity (Wildman–Crippen MR) is 79.3 cm³/mol. The second-order valence-electron chi connectivity index (χ2n) is 3.96. The number of ether oxygens (including phenoxy) is 1. The Bertz CT molecular complexity index is 641. The van der Waals surface area contributed by atoms with Gasteiger partial charge in [0.05, 0.1) is 0 Å². The molecule has 0 spiro atoms. The van der Waals surface area contributed by atoms with E-state index in [1.165, 1.54) is 12.2 Å². The van der Waals surface area contributed by atoms with Gasteiger partial charge >= 0.3 is 5.97 Å². The number of rotatable bonds is 5. The summed E-state index contributed by atoms with van der Waals surface area (Å²) in [6.07, 6.45) is 4.37. The van der Waals surface area contributed by atoms with Crippen molar-refractivity contribution in [1.82, 2.24) is 0 Å². The molecule has 1 aromatic heterocycles. The smallest absolute Gasteiger partial charge is 0.331 e. The highest BCUT2D eigenvalue weighted by molar-refractivity contribution is 6.30. The van der Waals surface area contributed by atoms with Gasteiger partial charge in [0.1, 0.15) is 18.1 Å². The van der Waals surface area contributed by atoms with Gasteiger partial charge in [-0.1, -0.05) is 36.4 Å². The van der Waals surface area contributed by atoms with Crippen LogP contribution in [-0.2, 0) is 9.53 Å². The summed E-state index contributed by atoms with van der Waals surface area (Å²) < 4.78 is 10.4. The summed E-state index contributed by atoms with van der Waals surface area (Å²) in [5, 5.41) is 0.643. The van der Waals surface area contributed by atoms with Gasteiger partial charge in [-0.3, -0.25) is 0 Å². The zero-order valence-electron chi connectivity index (χ0n) is 10.7. The van der Waals surface area contributed by atoms with E-state index in [1.54, 1.807) is 18.2 Å². The summed E-state index contributed by atoms with van der Waals surface area (Å²) >= 11 is 5.93. The Kier molecular flexibility index (Phi) is 4.80. The summed E-state index contributed by atoms with van der Waals surface area (Å²) in [4.78, 5) is 11.3. The third-order valence-corrected chi connectivity index (χ3v) is 2.70. The van der Waals surface area contributed by atoms with E-state index in [0.29, 0.717) is 16.5 Å². The number of hydrogen-bond acceptors (Lipinski definition) is 3. The minimum Gasteiger partial charge on any atom is -0.458 e. The van der Waals surface area contributed by atoms with E-state index < -0.39 is 5.97 Å². The van der Waals surface area contributed by atoms with Crippen molar-refractivity contribution in [2.45, 2.75) is 0 Å². The molecule has 0 atom stereocenters. The summed E-state index contributed by atoms with van der Waals surface area (Å²) in [6, 6.07) is 10.9. The molecule has 0 unspecified atom stereocenters. The second-order valence-corrected chi connectivity index (χ2v) is 4.40. The van der Waals surface area contributed by atoms with Crippen LogP contribution in [-0.4, -0.2) is 12.6 Å². The summed E-state index contributed by atoms with van der Waals surface area (Å²) in [6.45, 7) is 3.65. The zero-order valence-corrected chi connectivity index (χ0v) is 11.5. The lowest BCUT2D eigenvalue weighted by molar-refractivity contribution is -0.136. The highest BCUT2D eigenvalue weighted by Gasteiger charge is 2.04. The number of carbonyl (C=O) groups excluding carboxylic acids is 1. The minimum absolute atomic E-state index is 0.190. The lowest BCUT2D eigenvalue weighted by atomic mass is 10.2. The molecule has 20 heavy (non-hydrogen) atoms. The maximum absolute atomic E-state index is 11.3. The minimum atomic E-state index is -0.439. The van der Waals surface area contributed by atoms with Crippen molar-refractivity contribution in [3.05, 3.63) is 65.9 Å². The lowest BCUT2D eigenvalue weighted by Crippen LogP contribution is -1.99. The molecule has 2 aromatic rings. The zero-order chi connectivity index (χ0) is 14.4. The maximum atomic E-state index is 11.3. The monoisotopic (exact) mass is 288 g/mol. The van der Waals surface area contributed by atoms with Crippen LogP contribution >= 0.6 is 11.6 Å². The number of benzene rings is 1. The van der Waals surface area contributed by atoms with Crippen molar-refractivity contribution in [3.8, 4) is 11.3 Å². The van der Waals surface area contributed by atoms with E-state index in [9.17, 15) is 4.79 Å². The van der Waals surface area contributed by atoms with Gasteiger partial charge in [0, 0.05) is 16.7 Å². The van der Waals surface area contributed by atoms with Crippen LogP contribution in [0.2, 0.25) is 5.02 Å². The normalized spacial score (nSPS) is 10.7. The van der Waals surface area contributed by atoms with Crippen LogP contribution < -0.4 is 0 Å². The van der Waals surface area contributed by atoms with E-state index in [2.05, 4.69) is 6.58 Å². The predicted octanol–water partition coefficient (Wildman–Crippen LogP) is 4.34. The quantitative estimate of drug-likeness (QED) is 0.467. The number of halogens is 1. The molecule has 0 aliphatic carbocycles. The molecule has 0 saturated heterocycles. The molecule has 0 aliphatic rings. The Labute approximate surface area is 122 Å². The maximum Gasteiger partial charge on any atom is 0.331 e. The van der Waals surface area contributed by atoms with Crippen molar-refractivity contribution in [1.29, 1.82) is 0 Å². The van der Waals surface area contributed by atoms with Crippen molar-refractivity contribution < 1.29 is 13.9 Å². The van der Waals surface area contributed by atoms with Gasteiger partial charge in [-0.2, -0.15) is 0 Å². The van der Waals surface area contributed by atoms with Gasteiger partial charge in [0.2, 0.25) is 0 Å². The third-order valence-electron chi connectivity index (χ3n) is 2.46. The first kappa shape index (κ1) is 14.2. The highest BCUT2D eigenvalue weighted by atomic mass is 35.5. The van der Waals surface area contributed by atoms with Crippen LogP contribution in [0.3, 0.4) is 0 Å². The largest absolute Gasteiger partial charge is 0.458 e. The van der Waals surface area contributed by atoms with Gasteiger partial charge in [-0.15, -0.1) is 0 Å². The molecule has 0 bridgehead atoms. The molecule has 0 N–H and O–H groups in total. The van der Waals surface area contributed by atoms with Crippen molar-refractivity contribution in [2.24, 2.45) is 0 Å². The Morgan fingerprint density at radius 1 is 1.35 bits per heavy atom. The molecule has 0 aliphatic heterocycles. The highest BCUT2D eigenvalue weighted by Crippen LogP contribution is 2.25. The SMILES string of the molecule is C=CCOC(=O)/C=C/c1ccc(-c2cccc(Cl)c2)o1. The van der Waals surface area contributed by atoms with Crippen LogP contribution in [0.25, 0.3) is 17.4 Å². The fourth-order valence-electron chi connectivity index (χ4n) is 1.58. The molecule has 0 radical (unpaired) electrons. The second kappa shape index (κ2) is 6.78. The Morgan fingerprint density at radius 3 is 2.95 bits per heavy atom. The average molecular weight is 289 g/mol. The van der Waals surface area contributed by atoms with Crippen LogP contribution in [0.4, 0.5) is 0 Å². The molecule has 102 valence electrons. The third kappa shape index (κ3) is 3.87. The summed E-state index contributed by atoms with van der Waals surface area (Å²) in [5.74, 6) is 0.813. The molecule has 0 fully saturated rings. The van der Waals surface area contributed by atoms with Crippen LogP contribution in [0.1, 0.15) is 5.76 Å². The van der Waals surface area contributed by atoms with Crippen LogP contribution in [0.5, 0.6) is 0 Å². The first-order valence-corrected chi connectivity index (χ1v) is 6.38. The van der Waals surface area contributed by atoms with Gasteiger partial charge in [-0.25, -0.2) is 4.79 Å². The van der Waals surface area contributed by atoms with E-state index in [0.717, 1.165) is 5.56 Å². The molecule has 4 heteroatoms. The Hall–Kier alpha value is -2.26. The van der Waals surface area contributed by atoms with E-state index >= 15 is 0 Å². The Morgan fingerprint density at radius 2 is 2.20 bits per heavy atom. The van der Waals surface area contributed by atoms with E-state index in [1.807, 2.05) is 24.3 Å². The first-order chi connectivity index (χ1) is 9.69. The van der Waals surface area contributed by atoms with E-state index in [4.69, 9.17) is 20.8 Å². The molecule has 1 heterocycles. The summed E-state index contributed by atoms with van der Waals surface area (Å²) in [5.41, 5.74) is 0.881. The van der Waals surface area contributed by atoms with Gasteiger partial charge < -0.3 is 9.15 Å². The fraction of sp³-hybridized carbons (Fsp3) is 0.0625. The van der Waals surface area contributed by atoms with E-state index in [-0.39, 0.29) is 6.61 Å². The standard InChI is InChI=1S/C16H13ClO3/c1-2-10-19-16(18)9-7-14-6-8-15(20-14)12-4-3-5-13(17)11-12/h2-9,11H,1,10H2/b9-7+. The van der Waals surface area contributed by atoms with Gasteiger partial charge in [0.25, 0.3) is 0 Å². The number of hydrogen-bond donors (Lipinski definition) is 0. The van der Waals surface area contributed by atoms with Gasteiger partial charge in [0.15, 0.2) is 0 Å². The van der Waals surface area contributed by atoms with Gasteiger partial charge in [-0.05, 0) is 30.3 Å². The van der Waals surface area contributed by atoms with Crippen molar-refractivity contribution >= 4 is 23.6 Å².